The van der Waals surface area contributed by atoms with Gasteiger partial charge in [0.1, 0.15) is 6.61 Å². The summed E-state index contributed by atoms with van der Waals surface area (Å²) in [6, 6.07) is 0.0676. The lowest BCUT2D eigenvalue weighted by Gasteiger charge is -2.37. The summed E-state index contributed by atoms with van der Waals surface area (Å²) in [7, 11) is 7.27. The van der Waals surface area contributed by atoms with E-state index in [1.807, 2.05) is 14.1 Å². The molecule has 9 heteroatoms. The molecule has 0 aromatic carbocycles. The second-order valence-electron chi connectivity index (χ2n) is 7.22. The lowest BCUT2D eigenvalue weighted by Crippen LogP contribution is -2.51. The topological polar surface area (TPSA) is 88.1 Å². The average molecular weight is 363 g/mol. The molecule has 26 heavy (non-hydrogen) atoms. The number of hydrogen-bond acceptors (Lipinski definition) is 7. The van der Waals surface area contributed by atoms with E-state index in [1.165, 1.54) is 19.5 Å². The molecule has 1 spiro atoms. The largest absolute Gasteiger partial charge is 0.494 e. The molecule has 3 heterocycles. The number of hydrogen-bond donors (Lipinski definition) is 0. The van der Waals surface area contributed by atoms with Gasteiger partial charge in [0.15, 0.2) is 5.75 Å². The smallest absolute Gasteiger partial charge is 0.291 e. The Kier molecular flexibility index (Phi) is 5.10. The number of carbonyl (C=O) groups excluding carboxylic acids is 2. The first-order valence-corrected chi connectivity index (χ1v) is 8.50. The Hall–Kier alpha value is -2.26. The third kappa shape index (κ3) is 3.36. The molecule has 2 amide bonds. The Labute approximate surface area is 152 Å². The van der Waals surface area contributed by atoms with Crippen LogP contribution in [0.3, 0.4) is 0 Å². The molecule has 3 rings (SSSR count). The van der Waals surface area contributed by atoms with Gasteiger partial charge in [-0.2, -0.15) is 0 Å². The van der Waals surface area contributed by atoms with Gasteiger partial charge in [0, 0.05) is 38.1 Å². The van der Waals surface area contributed by atoms with Crippen LogP contribution in [0, 0.1) is 5.41 Å². The van der Waals surface area contributed by atoms with Crippen molar-refractivity contribution in [3.63, 3.8) is 0 Å². The van der Waals surface area contributed by atoms with Crippen molar-refractivity contribution in [3.8, 4) is 5.75 Å². The molecule has 2 saturated heterocycles. The predicted molar refractivity (Wildman–Crippen MR) is 92.9 cm³/mol. The molecule has 0 radical (unpaired) electrons. The van der Waals surface area contributed by atoms with E-state index in [0.717, 1.165) is 0 Å². The molecule has 2 aliphatic rings. The lowest BCUT2D eigenvalue weighted by molar-refractivity contribution is -0.132. The van der Waals surface area contributed by atoms with Gasteiger partial charge >= 0.3 is 0 Å². The molecule has 0 N–H and O–H groups in total. The van der Waals surface area contributed by atoms with Crippen LogP contribution in [-0.4, -0.2) is 104 Å². The maximum atomic E-state index is 12.9. The average Bonchev–Trinajstić information content (AvgIpc) is 2.93. The fourth-order valence-corrected chi connectivity index (χ4v) is 3.85. The molecule has 0 unspecified atom stereocenters. The third-order valence-corrected chi connectivity index (χ3v) is 5.16. The zero-order valence-corrected chi connectivity index (χ0v) is 15.6. The number of carbonyl (C=O) groups is 2. The van der Waals surface area contributed by atoms with Crippen molar-refractivity contribution in [1.29, 1.82) is 0 Å². The minimum atomic E-state index is -0.341. The number of ether oxygens (including phenoxy) is 2. The summed E-state index contributed by atoms with van der Waals surface area (Å²) in [4.78, 5) is 38.6. The van der Waals surface area contributed by atoms with E-state index in [1.54, 1.807) is 16.8 Å². The van der Waals surface area contributed by atoms with E-state index >= 15 is 0 Å². The zero-order chi connectivity index (χ0) is 18.9. The summed E-state index contributed by atoms with van der Waals surface area (Å²) in [5.41, 5.74) is -0.341. The number of nitrogens with zero attached hydrogens (tertiary/aromatic N) is 5. The Bertz CT molecular complexity index is 680. The number of likely N-dealkylation sites (tertiary alicyclic amines) is 1. The van der Waals surface area contributed by atoms with Crippen LogP contribution in [0.15, 0.2) is 12.4 Å². The lowest BCUT2D eigenvalue weighted by atomic mass is 9.82. The molecule has 2 aliphatic heterocycles. The molecule has 2 fully saturated rings. The number of rotatable bonds is 3. The Morgan fingerprint density at radius 2 is 2.04 bits per heavy atom. The quantitative estimate of drug-likeness (QED) is 0.705. The summed E-state index contributed by atoms with van der Waals surface area (Å²) < 4.78 is 10.7. The first-order chi connectivity index (χ1) is 12.4. The van der Waals surface area contributed by atoms with Crippen LogP contribution in [-0.2, 0) is 9.53 Å². The first kappa shape index (κ1) is 18.5. The number of methoxy groups -OCH3 is 1. The van der Waals surface area contributed by atoms with Crippen molar-refractivity contribution >= 4 is 11.8 Å². The van der Waals surface area contributed by atoms with Gasteiger partial charge in [-0.15, -0.1) is 0 Å². The Morgan fingerprint density at radius 1 is 1.35 bits per heavy atom. The monoisotopic (exact) mass is 363 g/mol. The molecule has 0 aliphatic carbocycles. The van der Waals surface area contributed by atoms with Gasteiger partial charge in [-0.3, -0.25) is 9.59 Å². The molecule has 1 aromatic heterocycles. The van der Waals surface area contributed by atoms with Gasteiger partial charge in [0.25, 0.3) is 5.91 Å². The Morgan fingerprint density at radius 3 is 2.65 bits per heavy atom. The highest BCUT2D eigenvalue weighted by Crippen LogP contribution is 2.36. The molecule has 142 valence electrons. The fraction of sp³-hybridized carbons (Fsp3) is 0.647. The van der Waals surface area contributed by atoms with Crippen LogP contribution in [0.5, 0.6) is 5.75 Å². The molecule has 1 aromatic rings. The van der Waals surface area contributed by atoms with Gasteiger partial charge in [-0.25, -0.2) is 9.97 Å². The highest BCUT2D eigenvalue weighted by atomic mass is 16.5. The van der Waals surface area contributed by atoms with Gasteiger partial charge in [-0.1, -0.05) is 0 Å². The maximum Gasteiger partial charge on any atom is 0.291 e. The number of amides is 2. The summed E-state index contributed by atoms with van der Waals surface area (Å²) in [5.74, 6) is 0.375. The van der Waals surface area contributed by atoms with Crippen molar-refractivity contribution in [1.82, 2.24) is 24.7 Å². The van der Waals surface area contributed by atoms with Crippen molar-refractivity contribution in [2.45, 2.75) is 6.04 Å². The van der Waals surface area contributed by atoms with E-state index in [9.17, 15) is 9.59 Å². The standard InChI is InChI=1S/C17H25N5O4/c1-20(2)13-7-22(16(24)15-18-5-12(25-4)6-19-15)10-17(13)9-21(3)14(23)8-26-11-17/h5-6,13H,7-11H2,1-4H3/t13-,17-/m1/s1. The molecular formula is C17H25N5O4. The summed E-state index contributed by atoms with van der Waals surface area (Å²) in [5, 5.41) is 0. The molecule has 0 saturated carbocycles. The highest BCUT2D eigenvalue weighted by molar-refractivity contribution is 5.90. The molecule has 9 nitrogen and oxygen atoms in total. The fourth-order valence-electron chi connectivity index (χ4n) is 3.85. The van der Waals surface area contributed by atoms with Crippen LogP contribution >= 0.6 is 0 Å². The minimum absolute atomic E-state index is 0.0392. The second kappa shape index (κ2) is 7.16. The maximum absolute atomic E-state index is 12.9. The van der Waals surface area contributed by atoms with E-state index in [4.69, 9.17) is 9.47 Å². The molecular weight excluding hydrogens is 338 g/mol. The van der Waals surface area contributed by atoms with Crippen molar-refractivity contribution in [3.05, 3.63) is 18.2 Å². The molecule has 0 bridgehead atoms. The first-order valence-electron chi connectivity index (χ1n) is 8.50. The third-order valence-electron chi connectivity index (χ3n) is 5.16. The highest BCUT2D eigenvalue weighted by Gasteiger charge is 2.51. The summed E-state index contributed by atoms with van der Waals surface area (Å²) in [6.45, 7) is 2.07. The summed E-state index contributed by atoms with van der Waals surface area (Å²) in [6.07, 6.45) is 2.97. The van der Waals surface area contributed by atoms with Crippen molar-refractivity contribution in [2.24, 2.45) is 5.41 Å². The van der Waals surface area contributed by atoms with Gasteiger partial charge in [0.05, 0.1) is 26.1 Å². The van der Waals surface area contributed by atoms with Gasteiger partial charge in [-0.05, 0) is 14.1 Å². The van der Waals surface area contributed by atoms with E-state index in [-0.39, 0.29) is 35.7 Å². The minimum Gasteiger partial charge on any atom is -0.494 e. The molecule has 2 atom stereocenters. The van der Waals surface area contributed by atoms with E-state index < -0.39 is 0 Å². The Balaban J connectivity index is 1.84. The van der Waals surface area contributed by atoms with E-state index in [2.05, 4.69) is 14.9 Å². The van der Waals surface area contributed by atoms with E-state index in [0.29, 0.717) is 32.0 Å². The SMILES string of the molecule is COc1cnc(C(=O)N2C[C@@H](N(C)C)[C@@]3(COCC(=O)N(C)C3)C2)nc1. The van der Waals surface area contributed by atoms with Gasteiger partial charge in [0.2, 0.25) is 11.7 Å². The van der Waals surface area contributed by atoms with Crippen LogP contribution in [0.2, 0.25) is 0 Å². The van der Waals surface area contributed by atoms with Crippen LogP contribution < -0.4 is 4.74 Å². The number of likely N-dealkylation sites (N-methyl/N-ethyl adjacent to an activating group) is 2. The second-order valence-corrected chi connectivity index (χ2v) is 7.22. The van der Waals surface area contributed by atoms with Crippen LogP contribution in [0.4, 0.5) is 0 Å². The predicted octanol–water partition coefficient (Wildman–Crippen LogP) is -0.654. The van der Waals surface area contributed by atoms with Crippen molar-refractivity contribution < 1.29 is 19.1 Å². The van der Waals surface area contributed by atoms with Gasteiger partial charge < -0.3 is 24.2 Å². The van der Waals surface area contributed by atoms with Crippen LogP contribution in [0.25, 0.3) is 0 Å². The normalized spacial score (nSPS) is 26.5. The van der Waals surface area contributed by atoms with Crippen LogP contribution in [0.1, 0.15) is 10.6 Å². The zero-order valence-electron chi connectivity index (χ0n) is 15.6. The number of aromatic nitrogens is 2. The van der Waals surface area contributed by atoms with Crippen molar-refractivity contribution in [2.75, 3.05) is 61.1 Å². The summed E-state index contributed by atoms with van der Waals surface area (Å²) >= 11 is 0.